The minimum Gasteiger partial charge on any atom is -0.494 e. The predicted molar refractivity (Wildman–Crippen MR) is 93.6 cm³/mol. The molecule has 25 heavy (non-hydrogen) atoms. The molecule has 3 heterocycles. The van der Waals surface area contributed by atoms with E-state index in [2.05, 4.69) is 9.88 Å². The molecule has 2 aliphatic heterocycles. The number of aliphatic hydroxyl groups is 1. The zero-order valence-corrected chi connectivity index (χ0v) is 14.3. The van der Waals surface area contributed by atoms with Gasteiger partial charge in [0.1, 0.15) is 0 Å². The van der Waals surface area contributed by atoms with Crippen molar-refractivity contribution in [3.63, 3.8) is 0 Å². The maximum atomic E-state index is 14.0. The second-order valence-electron chi connectivity index (χ2n) is 6.83. The Kier molecular flexibility index (Phi) is 4.48. The summed E-state index contributed by atoms with van der Waals surface area (Å²) in [6, 6.07) is 5.32. The summed E-state index contributed by atoms with van der Waals surface area (Å²) >= 11 is 0. The van der Waals surface area contributed by atoms with Crippen LogP contribution in [0.5, 0.6) is 5.75 Å². The number of aromatic nitrogens is 1. The molecule has 0 radical (unpaired) electrons. The first kappa shape index (κ1) is 16.5. The molecule has 3 atom stereocenters. The largest absolute Gasteiger partial charge is 0.494 e. The van der Waals surface area contributed by atoms with Gasteiger partial charge < -0.3 is 19.5 Å². The van der Waals surface area contributed by atoms with Gasteiger partial charge in [0, 0.05) is 48.4 Å². The van der Waals surface area contributed by atoms with Gasteiger partial charge in [-0.05, 0) is 31.4 Å². The lowest BCUT2D eigenvalue weighted by Gasteiger charge is -2.38. The fourth-order valence-electron chi connectivity index (χ4n) is 4.19. The third-order valence-electron chi connectivity index (χ3n) is 5.46. The highest BCUT2D eigenvalue weighted by molar-refractivity contribution is 5.93. The smallest absolute Gasteiger partial charge is 0.167 e. The number of benzene rings is 1. The topological polar surface area (TPSA) is 54.8 Å². The second-order valence-corrected chi connectivity index (χ2v) is 6.83. The summed E-state index contributed by atoms with van der Waals surface area (Å²) in [7, 11) is 1.47. The van der Waals surface area contributed by atoms with Gasteiger partial charge in [-0.2, -0.15) is 0 Å². The number of hydrogen-bond donors (Lipinski definition) is 1. The maximum Gasteiger partial charge on any atom is 0.167 e. The summed E-state index contributed by atoms with van der Waals surface area (Å²) in [5, 5.41) is 11.3. The van der Waals surface area contributed by atoms with E-state index in [1.54, 1.807) is 12.3 Å². The molecule has 3 unspecified atom stereocenters. The van der Waals surface area contributed by atoms with E-state index in [0.717, 1.165) is 30.5 Å². The normalized spacial score (nSPS) is 27.0. The summed E-state index contributed by atoms with van der Waals surface area (Å²) in [4.78, 5) is 6.63. The number of aliphatic hydroxyl groups excluding tert-OH is 1. The zero-order valence-electron chi connectivity index (χ0n) is 14.3. The number of hydrogen-bond acceptors (Lipinski definition) is 5. The number of halogens is 1. The van der Waals surface area contributed by atoms with Gasteiger partial charge in [-0.1, -0.05) is 0 Å². The lowest BCUT2D eigenvalue weighted by Crippen LogP contribution is -2.46. The number of fused-ring (bicyclic) bond motifs is 1. The van der Waals surface area contributed by atoms with Crippen molar-refractivity contribution in [2.45, 2.75) is 31.4 Å². The molecule has 0 saturated carbocycles. The summed E-state index contributed by atoms with van der Waals surface area (Å²) in [6.07, 6.45) is 4.15. The molecule has 4 rings (SSSR count). The van der Waals surface area contributed by atoms with Crippen LogP contribution in [0.4, 0.5) is 10.1 Å². The van der Waals surface area contributed by atoms with Crippen LogP contribution >= 0.6 is 0 Å². The monoisotopic (exact) mass is 346 g/mol. The number of nitrogens with zero attached hydrogens (tertiary/aromatic N) is 2. The lowest BCUT2D eigenvalue weighted by molar-refractivity contribution is -0.0437. The van der Waals surface area contributed by atoms with Crippen LogP contribution in [-0.2, 0) is 4.74 Å². The van der Waals surface area contributed by atoms with Gasteiger partial charge >= 0.3 is 0 Å². The van der Waals surface area contributed by atoms with E-state index in [4.69, 9.17) is 9.47 Å². The van der Waals surface area contributed by atoms with E-state index in [-0.39, 0.29) is 23.8 Å². The molecule has 0 bridgehead atoms. The molecule has 2 aromatic rings. The van der Waals surface area contributed by atoms with E-state index in [9.17, 15) is 9.50 Å². The second kappa shape index (κ2) is 6.77. The van der Waals surface area contributed by atoms with Gasteiger partial charge in [0.2, 0.25) is 0 Å². The van der Waals surface area contributed by atoms with Crippen LogP contribution < -0.4 is 9.64 Å². The van der Waals surface area contributed by atoms with Crippen LogP contribution in [0.3, 0.4) is 0 Å². The molecule has 2 aliphatic rings. The van der Waals surface area contributed by atoms with E-state index >= 15 is 0 Å². The quantitative estimate of drug-likeness (QED) is 0.926. The third-order valence-corrected chi connectivity index (χ3v) is 5.46. The molecule has 0 spiro atoms. The van der Waals surface area contributed by atoms with E-state index in [1.165, 1.54) is 13.2 Å². The fraction of sp³-hybridized carbons (Fsp3) is 0.526. The van der Waals surface area contributed by atoms with Gasteiger partial charge in [-0.15, -0.1) is 0 Å². The number of anilines is 1. The first-order valence-corrected chi connectivity index (χ1v) is 8.83. The molecule has 0 aliphatic carbocycles. The van der Waals surface area contributed by atoms with Gasteiger partial charge in [-0.3, -0.25) is 4.98 Å². The van der Waals surface area contributed by atoms with Crippen molar-refractivity contribution in [3.05, 3.63) is 30.2 Å². The SMILES string of the molecule is COc1cc2c(N3CCCC3C3COCCC3O)ccnc2cc1F. The first-order chi connectivity index (χ1) is 12.2. The minimum absolute atomic E-state index is 0.0989. The van der Waals surface area contributed by atoms with Gasteiger partial charge in [0.25, 0.3) is 0 Å². The Morgan fingerprint density at radius 2 is 2.24 bits per heavy atom. The van der Waals surface area contributed by atoms with Crippen LogP contribution in [0.2, 0.25) is 0 Å². The summed E-state index contributed by atoms with van der Waals surface area (Å²) < 4.78 is 24.8. The molecule has 2 fully saturated rings. The number of ether oxygens (including phenoxy) is 2. The van der Waals surface area contributed by atoms with Gasteiger partial charge in [0.05, 0.1) is 25.3 Å². The molecule has 1 N–H and O–H groups in total. The summed E-state index contributed by atoms with van der Waals surface area (Å²) in [6.45, 7) is 2.12. The van der Waals surface area contributed by atoms with Crippen molar-refractivity contribution in [2.75, 3.05) is 31.8 Å². The predicted octanol–water partition coefficient (Wildman–Crippen LogP) is 2.75. The Hall–Kier alpha value is -1.92. The summed E-state index contributed by atoms with van der Waals surface area (Å²) in [5.41, 5.74) is 1.63. The van der Waals surface area contributed by atoms with Crippen LogP contribution in [0.15, 0.2) is 24.4 Å². The molecular formula is C19H23FN2O3. The Bertz CT molecular complexity index is 770. The van der Waals surface area contributed by atoms with Crippen molar-refractivity contribution in [2.24, 2.45) is 5.92 Å². The van der Waals surface area contributed by atoms with Gasteiger partial charge in [-0.25, -0.2) is 4.39 Å². The average Bonchev–Trinajstić information content (AvgIpc) is 3.10. The van der Waals surface area contributed by atoms with Crippen LogP contribution in [-0.4, -0.2) is 49.1 Å². The number of rotatable bonds is 3. The highest BCUT2D eigenvalue weighted by Gasteiger charge is 2.38. The van der Waals surface area contributed by atoms with Crippen LogP contribution in [0.1, 0.15) is 19.3 Å². The molecule has 5 nitrogen and oxygen atoms in total. The highest BCUT2D eigenvalue weighted by Crippen LogP contribution is 2.38. The molecule has 0 amide bonds. The zero-order chi connectivity index (χ0) is 17.4. The molecule has 1 aromatic heterocycles. The lowest BCUT2D eigenvalue weighted by atomic mass is 9.89. The van der Waals surface area contributed by atoms with Crippen LogP contribution in [0.25, 0.3) is 10.9 Å². The Labute approximate surface area is 146 Å². The molecule has 134 valence electrons. The minimum atomic E-state index is -0.409. The average molecular weight is 346 g/mol. The van der Waals surface area contributed by atoms with Crippen molar-refractivity contribution in [1.82, 2.24) is 4.98 Å². The van der Waals surface area contributed by atoms with E-state index in [0.29, 0.717) is 25.2 Å². The molecule has 1 aromatic carbocycles. The van der Waals surface area contributed by atoms with Gasteiger partial charge in [0.15, 0.2) is 11.6 Å². The Balaban J connectivity index is 1.75. The maximum absolute atomic E-state index is 14.0. The number of pyridine rings is 1. The first-order valence-electron chi connectivity index (χ1n) is 8.83. The Morgan fingerprint density at radius 1 is 1.36 bits per heavy atom. The van der Waals surface area contributed by atoms with Crippen molar-refractivity contribution in [1.29, 1.82) is 0 Å². The fourth-order valence-corrected chi connectivity index (χ4v) is 4.19. The molecular weight excluding hydrogens is 323 g/mol. The summed E-state index contributed by atoms with van der Waals surface area (Å²) in [5.74, 6) is -0.0888. The third kappa shape index (κ3) is 2.93. The molecule has 2 saturated heterocycles. The van der Waals surface area contributed by atoms with E-state index in [1.807, 2.05) is 6.07 Å². The highest BCUT2D eigenvalue weighted by atomic mass is 19.1. The van der Waals surface area contributed by atoms with Crippen molar-refractivity contribution >= 4 is 16.6 Å². The molecule has 6 heteroatoms. The van der Waals surface area contributed by atoms with E-state index < -0.39 is 5.82 Å². The standard InChI is InChI=1S/C19H23FN2O3/c1-24-19-9-12-15(10-14(19)20)21-6-4-17(12)22-7-2-3-16(22)13-11-25-8-5-18(13)23/h4,6,9-10,13,16,18,23H,2-3,5,7-8,11H2,1H3. The number of methoxy groups -OCH3 is 1. The Morgan fingerprint density at radius 3 is 3.04 bits per heavy atom. The van der Waals surface area contributed by atoms with Crippen LogP contribution in [0, 0.1) is 11.7 Å². The van der Waals surface area contributed by atoms with Crippen molar-refractivity contribution < 1.29 is 19.0 Å². The van der Waals surface area contributed by atoms with Crippen molar-refractivity contribution in [3.8, 4) is 5.75 Å².